The van der Waals surface area contributed by atoms with Gasteiger partial charge in [0.1, 0.15) is 11.6 Å². The van der Waals surface area contributed by atoms with Crippen molar-refractivity contribution in [2.75, 3.05) is 5.32 Å². The molecule has 1 atom stereocenters. The summed E-state index contributed by atoms with van der Waals surface area (Å²) in [6, 6.07) is 5.81. The summed E-state index contributed by atoms with van der Waals surface area (Å²) in [5, 5.41) is 3.15. The lowest BCUT2D eigenvalue weighted by molar-refractivity contribution is 0.616. The molecule has 0 saturated heterocycles. The van der Waals surface area contributed by atoms with Crippen molar-refractivity contribution < 1.29 is 8.78 Å². The van der Waals surface area contributed by atoms with Crippen molar-refractivity contribution in [3.63, 3.8) is 0 Å². The van der Waals surface area contributed by atoms with Gasteiger partial charge in [0.05, 0.1) is 12.2 Å². The molecule has 1 N–H and O–H groups in total. The van der Waals surface area contributed by atoms with E-state index in [2.05, 4.69) is 10.3 Å². The van der Waals surface area contributed by atoms with Crippen LogP contribution in [-0.4, -0.2) is 4.98 Å². The summed E-state index contributed by atoms with van der Waals surface area (Å²) in [6.07, 6.45) is 2.75. The van der Waals surface area contributed by atoms with Gasteiger partial charge in [0.25, 0.3) is 0 Å². The number of aromatic nitrogens is 1. The van der Waals surface area contributed by atoms with Crippen LogP contribution in [0.2, 0.25) is 0 Å². The van der Waals surface area contributed by atoms with E-state index in [9.17, 15) is 8.78 Å². The van der Waals surface area contributed by atoms with E-state index >= 15 is 0 Å². The van der Waals surface area contributed by atoms with Gasteiger partial charge in [0, 0.05) is 11.9 Å². The first kappa shape index (κ1) is 12.5. The van der Waals surface area contributed by atoms with Crippen molar-refractivity contribution >= 4 is 5.69 Å². The maximum Gasteiger partial charge on any atom is 0.141 e. The normalized spacial score (nSPS) is 12.2. The molecule has 18 heavy (non-hydrogen) atoms. The largest absolute Gasteiger partial charge is 0.378 e. The topological polar surface area (TPSA) is 24.9 Å². The third-order valence-electron chi connectivity index (χ3n) is 2.80. The Kier molecular flexibility index (Phi) is 3.55. The predicted molar refractivity (Wildman–Crippen MR) is 67.4 cm³/mol. The molecule has 0 spiro atoms. The highest BCUT2D eigenvalue weighted by molar-refractivity contribution is 5.52. The zero-order valence-corrected chi connectivity index (χ0v) is 10.2. The van der Waals surface area contributed by atoms with Gasteiger partial charge in [-0.05, 0) is 43.2 Å². The molecule has 2 aromatic rings. The van der Waals surface area contributed by atoms with Gasteiger partial charge in [-0.15, -0.1) is 0 Å². The Morgan fingerprint density at radius 1 is 1.11 bits per heavy atom. The van der Waals surface area contributed by atoms with Crippen LogP contribution in [0, 0.1) is 18.6 Å². The SMILES string of the molecule is Cc1ccc(F)cc1NC(C)c1cncc(F)c1. The molecular formula is C14H14F2N2. The van der Waals surface area contributed by atoms with Gasteiger partial charge in [-0.1, -0.05) is 6.07 Å². The molecule has 0 amide bonds. The van der Waals surface area contributed by atoms with Crippen LogP contribution >= 0.6 is 0 Å². The minimum atomic E-state index is -0.378. The van der Waals surface area contributed by atoms with E-state index in [4.69, 9.17) is 0 Å². The molecule has 1 aromatic heterocycles. The number of rotatable bonds is 3. The Bertz CT molecular complexity index is 555. The van der Waals surface area contributed by atoms with Crippen molar-refractivity contribution in [2.45, 2.75) is 19.9 Å². The summed E-state index contributed by atoms with van der Waals surface area (Å²) < 4.78 is 26.2. The lowest BCUT2D eigenvalue weighted by Gasteiger charge is -2.17. The second kappa shape index (κ2) is 5.12. The lowest BCUT2D eigenvalue weighted by Crippen LogP contribution is -2.08. The van der Waals surface area contributed by atoms with Crippen LogP contribution in [0.5, 0.6) is 0 Å². The number of nitrogens with zero attached hydrogens (tertiary/aromatic N) is 1. The number of anilines is 1. The van der Waals surface area contributed by atoms with E-state index in [1.165, 1.54) is 18.2 Å². The molecule has 4 heteroatoms. The lowest BCUT2D eigenvalue weighted by atomic mass is 10.1. The van der Waals surface area contributed by atoms with Crippen molar-refractivity contribution in [3.8, 4) is 0 Å². The third-order valence-corrected chi connectivity index (χ3v) is 2.80. The molecule has 94 valence electrons. The highest BCUT2D eigenvalue weighted by Crippen LogP contribution is 2.22. The van der Waals surface area contributed by atoms with Crippen LogP contribution in [0.4, 0.5) is 14.5 Å². The highest BCUT2D eigenvalue weighted by Gasteiger charge is 2.08. The van der Waals surface area contributed by atoms with Crippen molar-refractivity contribution in [2.24, 2.45) is 0 Å². The fourth-order valence-corrected chi connectivity index (χ4v) is 1.73. The molecule has 0 bridgehead atoms. The number of hydrogen-bond acceptors (Lipinski definition) is 2. The molecule has 0 radical (unpaired) electrons. The van der Waals surface area contributed by atoms with Crippen molar-refractivity contribution in [3.05, 3.63) is 59.4 Å². The van der Waals surface area contributed by atoms with E-state index in [1.807, 2.05) is 13.8 Å². The van der Waals surface area contributed by atoms with E-state index in [1.54, 1.807) is 12.3 Å². The van der Waals surface area contributed by atoms with Gasteiger partial charge in [-0.25, -0.2) is 8.78 Å². The number of aryl methyl sites for hydroxylation is 1. The quantitative estimate of drug-likeness (QED) is 0.892. The Morgan fingerprint density at radius 2 is 1.89 bits per heavy atom. The molecule has 1 heterocycles. The number of hydrogen-bond donors (Lipinski definition) is 1. The minimum absolute atomic E-state index is 0.145. The highest BCUT2D eigenvalue weighted by atomic mass is 19.1. The third kappa shape index (κ3) is 2.83. The zero-order valence-electron chi connectivity index (χ0n) is 10.2. The molecule has 2 rings (SSSR count). The molecule has 1 unspecified atom stereocenters. The maximum atomic E-state index is 13.2. The Morgan fingerprint density at radius 3 is 2.61 bits per heavy atom. The molecule has 0 aliphatic carbocycles. The van der Waals surface area contributed by atoms with Gasteiger partial charge in [-0.2, -0.15) is 0 Å². The molecular weight excluding hydrogens is 234 g/mol. The van der Waals surface area contributed by atoms with Gasteiger partial charge < -0.3 is 5.32 Å². The summed E-state index contributed by atoms with van der Waals surface area (Å²) in [7, 11) is 0. The van der Waals surface area contributed by atoms with Crippen molar-refractivity contribution in [1.82, 2.24) is 4.98 Å². The van der Waals surface area contributed by atoms with Crippen LogP contribution in [0.15, 0.2) is 36.7 Å². The Balaban J connectivity index is 2.21. The molecule has 0 saturated carbocycles. The maximum absolute atomic E-state index is 13.2. The first-order chi connectivity index (χ1) is 8.56. The average molecular weight is 248 g/mol. The second-order valence-corrected chi connectivity index (χ2v) is 4.26. The summed E-state index contributed by atoms with van der Waals surface area (Å²) in [4.78, 5) is 3.80. The first-order valence-electron chi connectivity index (χ1n) is 5.69. The number of nitrogens with one attached hydrogen (secondary N) is 1. The van der Waals surface area contributed by atoms with E-state index in [0.717, 1.165) is 17.3 Å². The number of pyridine rings is 1. The fourth-order valence-electron chi connectivity index (χ4n) is 1.73. The van der Waals surface area contributed by atoms with Crippen LogP contribution in [0.25, 0.3) is 0 Å². The van der Waals surface area contributed by atoms with E-state index in [0.29, 0.717) is 5.69 Å². The molecule has 0 aliphatic rings. The van der Waals surface area contributed by atoms with Gasteiger partial charge >= 0.3 is 0 Å². The average Bonchev–Trinajstić information content (AvgIpc) is 2.34. The standard InChI is InChI=1S/C14H14F2N2/c1-9-3-4-12(15)6-14(9)18-10(2)11-5-13(16)8-17-7-11/h3-8,10,18H,1-2H3. The molecule has 0 fully saturated rings. The second-order valence-electron chi connectivity index (χ2n) is 4.26. The molecule has 1 aromatic carbocycles. The van der Waals surface area contributed by atoms with Crippen molar-refractivity contribution in [1.29, 1.82) is 0 Å². The monoisotopic (exact) mass is 248 g/mol. The number of halogens is 2. The summed E-state index contributed by atoms with van der Waals surface area (Å²) in [5.41, 5.74) is 2.36. The van der Waals surface area contributed by atoms with Crippen LogP contribution in [-0.2, 0) is 0 Å². The van der Waals surface area contributed by atoms with Gasteiger partial charge in [0.2, 0.25) is 0 Å². The summed E-state index contributed by atoms with van der Waals surface area (Å²) in [5.74, 6) is -0.676. The number of benzene rings is 1. The Hall–Kier alpha value is -1.97. The molecule has 2 nitrogen and oxygen atoms in total. The zero-order chi connectivity index (χ0) is 13.1. The van der Waals surface area contributed by atoms with Crippen LogP contribution < -0.4 is 5.32 Å². The van der Waals surface area contributed by atoms with E-state index in [-0.39, 0.29) is 17.7 Å². The fraction of sp³-hybridized carbons (Fsp3) is 0.214. The summed E-state index contributed by atoms with van der Waals surface area (Å²) in [6.45, 7) is 3.76. The Labute approximate surface area is 105 Å². The van der Waals surface area contributed by atoms with Crippen LogP contribution in [0.3, 0.4) is 0 Å². The smallest absolute Gasteiger partial charge is 0.141 e. The van der Waals surface area contributed by atoms with Gasteiger partial charge in [0.15, 0.2) is 0 Å². The van der Waals surface area contributed by atoms with Gasteiger partial charge in [-0.3, -0.25) is 4.98 Å². The minimum Gasteiger partial charge on any atom is -0.378 e. The molecule has 0 aliphatic heterocycles. The first-order valence-corrected chi connectivity index (χ1v) is 5.69. The predicted octanol–water partition coefficient (Wildman–Crippen LogP) is 3.84. The summed E-state index contributed by atoms with van der Waals surface area (Å²) >= 11 is 0. The van der Waals surface area contributed by atoms with Crippen LogP contribution in [0.1, 0.15) is 24.1 Å². The van der Waals surface area contributed by atoms with E-state index < -0.39 is 0 Å².